The molecule has 1 rings (SSSR count). The number of amides is 1. The van der Waals surface area contributed by atoms with Crippen LogP contribution < -0.4 is 11.1 Å². The van der Waals surface area contributed by atoms with Crippen LogP contribution in [0.4, 0.5) is 13.2 Å². The summed E-state index contributed by atoms with van der Waals surface area (Å²) in [4.78, 5) is 16.8. The van der Waals surface area contributed by atoms with Gasteiger partial charge in [-0.2, -0.15) is 13.2 Å². The van der Waals surface area contributed by atoms with Crippen molar-refractivity contribution in [3.63, 3.8) is 0 Å². The summed E-state index contributed by atoms with van der Waals surface area (Å²) in [6, 6.07) is 0. The number of nitrogens with two attached hydrogens (primary N) is 1. The first-order valence-corrected chi connectivity index (χ1v) is 6.16. The van der Waals surface area contributed by atoms with Gasteiger partial charge in [0.15, 0.2) is 5.96 Å². The molecule has 1 atom stereocenters. The molecule has 0 spiro atoms. The van der Waals surface area contributed by atoms with Crippen molar-refractivity contribution in [1.29, 1.82) is 0 Å². The van der Waals surface area contributed by atoms with Crippen LogP contribution in [-0.4, -0.2) is 49.1 Å². The second-order valence-electron chi connectivity index (χ2n) is 4.76. The van der Waals surface area contributed by atoms with Crippen LogP contribution in [0.25, 0.3) is 0 Å². The van der Waals surface area contributed by atoms with Gasteiger partial charge in [-0.1, -0.05) is 6.92 Å². The lowest BCUT2D eigenvalue weighted by Gasteiger charge is -2.31. The molecule has 1 aliphatic rings. The third kappa shape index (κ3) is 7.75. The van der Waals surface area contributed by atoms with E-state index in [9.17, 15) is 18.0 Å². The number of piperidine rings is 1. The highest BCUT2D eigenvalue weighted by Crippen LogP contribution is 2.15. The van der Waals surface area contributed by atoms with Gasteiger partial charge in [0.05, 0.1) is 0 Å². The molecule has 5 nitrogen and oxygen atoms in total. The predicted octanol–water partition coefficient (Wildman–Crippen LogP) is 1.33. The fraction of sp³-hybridized carbons (Fsp3) is 0.818. The monoisotopic (exact) mass is 408 g/mol. The SMILES string of the molecule is CC1CCCN(C(N)=NCC(=O)NCC(F)(F)F)C1.I. The molecule has 0 radical (unpaired) electrons. The van der Waals surface area contributed by atoms with Crippen molar-refractivity contribution < 1.29 is 18.0 Å². The van der Waals surface area contributed by atoms with Gasteiger partial charge in [-0.05, 0) is 18.8 Å². The number of likely N-dealkylation sites (tertiary alicyclic amines) is 1. The van der Waals surface area contributed by atoms with Crippen LogP contribution in [0.3, 0.4) is 0 Å². The molecule has 1 amide bonds. The Bertz CT molecular complexity index is 349. The Balaban J connectivity index is 0.00000361. The van der Waals surface area contributed by atoms with Crippen LogP contribution in [0.2, 0.25) is 0 Å². The minimum absolute atomic E-state index is 0. The lowest BCUT2D eigenvalue weighted by Crippen LogP contribution is -2.44. The van der Waals surface area contributed by atoms with E-state index in [4.69, 9.17) is 5.73 Å². The highest BCUT2D eigenvalue weighted by atomic mass is 127. The molecule has 1 unspecified atom stereocenters. The summed E-state index contributed by atoms with van der Waals surface area (Å²) in [5.74, 6) is -0.0689. The van der Waals surface area contributed by atoms with Gasteiger partial charge in [-0.25, -0.2) is 4.99 Å². The molecule has 0 aromatic rings. The van der Waals surface area contributed by atoms with Crippen LogP contribution in [0.5, 0.6) is 0 Å². The van der Waals surface area contributed by atoms with Crippen molar-refractivity contribution in [2.75, 3.05) is 26.2 Å². The van der Waals surface area contributed by atoms with E-state index < -0.39 is 18.6 Å². The minimum Gasteiger partial charge on any atom is -0.370 e. The third-order valence-corrected chi connectivity index (χ3v) is 2.85. The van der Waals surface area contributed by atoms with E-state index in [1.165, 1.54) is 0 Å². The molecule has 1 saturated heterocycles. The Morgan fingerprint density at radius 2 is 2.15 bits per heavy atom. The summed E-state index contributed by atoms with van der Waals surface area (Å²) < 4.78 is 35.6. The van der Waals surface area contributed by atoms with Gasteiger partial charge in [0.1, 0.15) is 13.1 Å². The van der Waals surface area contributed by atoms with Crippen molar-refractivity contribution >= 4 is 35.8 Å². The molecule has 0 aromatic heterocycles. The number of rotatable bonds is 3. The van der Waals surface area contributed by atoms with Gasteiger partial charge >= 0.3 is 6.18 Å². The Morgan fingerprint density at radius 1 is 1.50 bits per heavy atom. The number of guanidine groups is 1. The van der Waals surface area contributed by atoms with Crippen molar-refractivity contribution in [2.45, 2.75) is 25.9 Å². The van der Waals surface area contributed by atoms with Crippen LogP contribution >= 0.6 is 24.0 Å². The second kappa shape index (κ2) is 8.53. The molecule has 118 valence electrons. The summed E-state index contributed by atoms with van der Waals surface area (Å²) in [6.07, 6.45) is -2.29. The Kier molecular flexibility index (Phi) is 8.21. The molecule has 0 aromatic carbocycles. The van der Waals surface area contributed by atoms with Crippen molar-refractivity contribution in [2.24, 2.45) is 16.6 Å². The second-order valence-corrected chi connectivity index (χ2v) is 4.76. The maximum absolute atomic E-state index is 11.9. The van der Waals surface area contributed by atoms with Crippen molar-refractivity contribution in [3.05, 3.63) is 0 Å². The number of halogens is 4. The normalized spacial score (nSPS) is 20.3. The minimum atomic E-state index is -4.41. The molecular formula is C11H20F3IN4O. The number of nitrogens with one attached hydrogen (secondary N) is 1. The van der Waals surface area contributed by atoms with Crippen LogP contribution in [-0.2, 0) is 4.79 Å². The molecule has 1 aliphatic heterocycles. The van der Waals surface area contributed by atoms with E-state index in [2.05, 4.69) is 11.9 Å². The summed E-state index contributed by atoms with van der Waals surface area (Å²) in [6.45, 7) is 1.90. The quantitative estimate of drug-likeness (QED) is 0.421. The molecule has 0 aliphatic carbocycles. The smallest absolute Gasteiger partial charge is 0.370 e. The molecule has 9 heteroatoms. The summed E-state index contributed by atoms with van der Waals surface area (Å²) >= 11 is 0. The zero-order valence-corrected chi connectivity index (χ0v) is 13.6. The number of nitrogens with zero attached hydrogens (tertiary/aromatic N) is 2. The van der Waals surface area contributed by atoms with E-state index in [-0.39, 0.29) is 36.5 Å². The first-order valence-electron chi connectivity index (χ1n) is 6.16. The van der Waals surface area contributed by atoms with Crippen LogP contribution in [0.15, 0.2) is 4.99 Å². The molecule has 3 N–H and O–H groups in total. The zero-order chi connectivity index (χ0) is 14.5. The van der Waals surface area contributed by atoms with Crippen LogP contribution in [0, 0.1) is 5.92 Å². The number of carbonyl (C=O) groups is 1. The topological polar surface area (TPSA) is 70.7 Å². The highest BCUT2D eigenvalue weighted by Gasteiger charge is 2.27. The van der Waals surface area contributed by atoms with E-state index in [0.29, 0.717) is 5.92 Å². The average molecular weight is 408 g/mol. The maximum atomic E-state index is 11.9. The highest BCUT2D eigenvalue weighted by molar-refractivity contribution is 14.0. The molecule has 1 heterocycles. The van der Waals surface area contributed by atoms with E-state index in [1.807, 2.05) is 4.90 Å². The van der Waals surface area contributed by atoms with Gasteiger partial charge < -0.3 is 16.0 Å². The maximum Gasteiger partial charge on any atom is 0.405 e. The Labute approximate surface area is 133 Å². The van der Waals surface area contributed by atoms with Gasteiger partial charge in [0, 0.05) is 13.1 Å². The Morgan fingerprint density at radius 3 is 2.70 bits per heavy atom. The predicted molar refractivity (Wildman–Crippen MR) is 80.9 cm³/mol. The molecular weight excluding hydrogens is 388 g/mol. The van der Waals surface area contributed by atoms with Crippen molar-refractivity contribution in [3.8, 4) is 0 Å². The summed E-state index contributed by atoms with van der Waals surface area (Å²) in [5, 5.41) is 1.74. The molecule has 0 bridgehead atoms. The number of alkyl halides is 3. The lowest BCUT2D eigenvalue weighted by atomic mass is 10.0. The van der Waals surface area contributed by atoms with Crippen LogP contribution in [0.1, 0.15) is 19.8 Å². The number of hydrogen-bond acceptors (Lipinski definition) is 2. The molecule has 0 saturated carbocycles. The number of aliphatic imine (C=N–C) groups is 1. The fourth-order valence-corrected chi connectivity index (χ4v) is 1.90. The van der Waals surface area contributed by atoms with Gasteiger partial charge in [0.25, 0.3) is 0 Å². The molecule has 1 fully saturated rings. The van der Waals surface area contributed by atoms with E-state index in [1.54, 1.807) is 5.32 Å². The van der Waals surface area contributed by atoms with E-state index >= 15 is 0 Å². The lowest BCUT2D eigenvalue weighted by molar-refractivity contribution is -0.137. The molecule has 20 heavy (non-hydrogen) atoms. The van der Waals surface area contributed by atoms with Gasteiger partial charge in [-0.15, -0.1) is 24.0 Å². The van der Waals surface area contributed by atoms with Crippen molar-refractivity contribution in [1.82, 2.24) is 10.2 Å². The summed E-state index contributed by atoms with van der Waals surface area (Å²) in [5.41, 5.74) is 5.71. The van der Waals surface area contributed by atoms with Gasteiger partial charge in [-0.3, -0.25) is 4.79 Å². The standard InChI is InChI=1S/C11H19F3N4O.HI/c1-8-3-2-4-18(6-8)10(15)16-5-9(19)17-7-11(12,13)14;/h8H,2-7H2,1H3,(H2,15,16)(H,17,19);1H. The first-order chi connectivity index (χ1) is 8.78. The average Bonchev–Trinajstić information content (AvgIpc) is 2.32. The zero-order valence-electron chi connectivity index (χ0n) is 11.2. The largest absolute Gasteiger partial charge is 0.405 e. The first kappa shape index (κ1) is 19.3. The fourth-order valence-electron chi connectivity index (χ4n) is 1.90. The van der Waals surface area contributed by atoms with E-state index in [0.717, 1.165) is 25.9 Å². The Hall–Kier alpha value is -0.740. The summed E-state index contributed by atoms with van der Waals surface area (Å²) in [7, 11) is 0. The number of hydrogen-bond donors (Lipinski definition) is 2. The number of carbonyl (C=O) groups excluding carboxylic acids is 1. The third-order valence-electron chi connectivity index (χ3n) is 2.85. The van der Waals surface area contributed by atoms with Gasteiger partial charge in [0.2, 0.25) is 5.91 Å².